The Morgan fingerprint density at radius 1 is 1.56 bits per heavy atom. The van der Waals surface area contributed by atoms with Gasteiger partial charge in [-0.05, 0) is 12.1 Å². The number of aliphatic hydroxyl groups excluding tert-OH is 1. The van der Waals surface area contributed by atoms with Crippen LogP contribution in [-0.4, -0.2) is 37.1 Å². The van der Waals surface area contributed by atoms with Crippen LogP contribution < -0.4 is 0 Å². The molecule has 0 fully saturated rings. The minimum absolute atomic E-state index is 0.510. The second-order valence-corrected chi connectivity index (χ2v) is 5.41. The third kappa shape index (κ3) is 4.15. The van der Waals surface area contributed by atoms with Crippen LogP contribution in [0.5, 0.6) is 0 Å². The van der Waals surface area contributed by atoms with Crippen molar-refractivity contribution in [2.24, 2.45) is 5.18 Å². The molecular weight excluding hydrogens is 262 g/mol. The number of alkyl halides is 1. The molecule has 7 nitrogen and oxygen atoms in total. The highest BCUT2D eigenvalue weighted by Gasteiger charge is 2.24. The smallest absolute Gasteiger partial charge is 0.365 e. The van der Waals surface area contributed by atoms with Crippen LogP contribution in [0.2, 0.25) is 0 Å². The molecule has 0 radical (unpaired) electrons. The number of rotatable bonds is 5. The highest BCUT2D eigenvalue weighted by molar-refractivity contribution is 7.91. The fourth-order valence-corrected chi connectivity index (χ4v) is 0.954. The van der Waals surface area contributed by atoms with Crippen molar-refractivity contribution in [2.45, 2.75) is 12.4 Å². The number of allylic oxidation sites excluding steroid dienone is 1. The first-order valence-corrected chi connectivity index (χ1v) is 6.44. The van der Waals surface area contributed by atoms with E-state index in [4.69, 9.17) is 16.7 Å². The maximum Gasteiger partial charge on any atom is 0.365 e. The molecule has 1 unspecified atom stereocenters. The number of halogens is 1. The summed E-state index contributed by atoms with van der Waals surface area (Å²) in [5.41, 5.74) is -2.38. The number of carbonyl (C=O) groups is 1. The van der Waals surface area contributed by atoms with E-state index in [9.17, 15) is 18.1 Å². The Kier molecular flexibility index (Phi) is 5.39. The van der Waals surface area contributed by atoms with E-state index in [-0.39, 0.29) is 0 Å². The van der Waals surface area contributed by atoms with Gasteiger partial charge >= 0.3 is 5.97 Å². The SMILES string of the molecule is CC(OC(=O)C(N=O)=C(O)CCl)S(C)(=O)=O. The van der Waals surface area contributed by atoms with E-state index in [1.165, 1.54) is 0 Å². The van der Waals surface area contributed by atoms with Gasteiger partial charge in [-0.2, -0.15) is 0 Å². The second-order valence-electron chi connectivity index (χ2n) is 2.82. The number of hydrogen-bond acceptors (Lipinski definition) is 7. The summed E-state index contributed by atoms with van der Waals surface area (Å²) in [6, 6.07) is 0. The Balaban J connectivity index is 4.90. The van der Waals surface area contributed by atoms with Crippen molar-refractivity contribution in [3.05, 3.63) is 16.4 Å². The molecule has 0 aliphatic carbocycles. The zero-order valence-corrected chi connectivity index (χ0v) is 10.1. The molecule has 16 heavy (non-hydrogen) atoms. The number of sulfone groups is 1. The summed E-state index contributed by atoms with van der Waals surface area (Å²) < 4.78 is 26.2. The van der Waals surface area contributed by atoms with Crippen LogP contribution in [-0.2, 0) is 19.4 Å². The Bertz CT molecular complexity index is 415. The molecule has 0 aromatic rings. The van der Waals surface area contributed by atoms with E-state index in [0.717, 1.165) is 13.2 Å². The third-order valence-corrected chi connectivity index (χ3v) is 3.12. The maximum absolute atomic E-state index is 11.2. The van der Waals surface area contributed by atoms with Crippen LogP contribution in [0.25, 0.3) is 0 Å². The second kappa shape index (κ2) is 5.80. The number of nitroso groups, excluding NO2 is 1. The van der Waals surface area contributed by atoms with Crippen LogP contribution in [0.3, 0.4) is 0 Å². The topological polar surface area (TPSA) is 110 Å². The average molecular weight is 272 g/mol. The molecule has 0 spiro atoms. The van der Waals surface area contributed by atoms with Gasteiger partial charge in [0, 0.05) is 6.26 Å². The summed E-state index contributed by atoms with van der Waals surface area (Å²) in [6.07, 6.45) is 0.851. The number of esters is 1. The van der Waals surface area contributed by atoms with Gasteiger partial charge in [0.1, 0.15) is 5.76 Å². The minimum atomic E-state index is -3.60. The molecule has 0 saturated carbocycles. The molecule has 9 heteroatoms. The van der Waals surface area contributed by atoms with Gasteiger partial charge < -0.3 is 9.84 Å². The largest absolute Gasteiger partial charge is 0.508 e. The number of hydrogen-bond donors (Lipinski definition) is 1. The van der Waals surface area contributed by atoms with Gasteiger partial charge in [-0.25, -0.2) is 13.2 Å². The summed E-state index contributed by atoms with van der Waals surface area (Å²) in [7, 11) is -3.60. The summed E-state index contributed by atoms with van der Waals surface area (Å²) >= 11 is 5.16. The Labute approximate surface area is 96.9 Å². The molecule has 0 bridgehead atoms. The van der Waals surface area contributed by atoms with Gasteiger partial charge in [0.05, 0.1) is 5.88 Å². The maximum atomic E-state index is 11.2. The van der Waals surface area contributed by atoms with Crippen molar-refractivity contribution in [3.63, 3.8) is 0 Å². The zero-order chi connectivity index (χ0) is 12.9. The first-order valence-electron chi connectivity index (χ1n) is 3.95. The number of ether oxygens (including phenoxy) is 1. The quantitative estimate of drug-likeness (QED) is 0.259. The summed E-state index contributed by atoms with van der Waals surface area (Å²) in [5, 5.41) is 11.2. The number of carbonyl (C=O) groups excluding carboxylic acids is 1. The summed E-state index contributed by atoms with van der Waals surface area (Å²) in [6.45, 7) is 1.10. The summed E-state index contributed by atoms with van der Waals surface area (Å²) in [5.74, 6) is -2.63. The molecular formula is C7H10ClNO6S. The summed E-state index contributed by atoms with van der Waals surface area (Å²) in [4.78, 5) is 21.4. The predicted octanol–water partition coefficient (Wildman–Crippen LogP) is 0.695. The van der Waals surface area contributed by atoms with Crippen LogP contribution in [0.4, 0.5) is 0 Å². The number of aliphatic hydroxyl groups is 1. The van der Waals surface area contributed by atoms with E-state index in [2.05, 4.69) is 9.91 Å². The lowest BCUT2D eigenvalue weighted by Gasteiger charge is -2.10. The lowest BCUT2D eigenvalue weighted by Crippen LogP contribution is -2.24. The molecule has 0 aliphatic rings. The van der Waals surface area contributed by atoms with Crippen LogP contribution in [0, 0.1) is 4.91 Å². The molecule has 92 valence electrons. The average Bonchev–Trinajstić information content (AvgIpc) is 2.16. The van der Waals surface area contributed by atoms with Gasteiger partial charge in [-0.1, -0.05) is 0 Å². The highest BCUT2D eigenvalue weighted by atomic mass is 35.5. The lowest BCUT2D eigenvalue weighted by molar-refractivity contribution is -0.140. The van der Waals surface area contributed by atoms with E-state index in [1.807, 2.05) is 0 Å². The first kappa shape index (κ1) is 14.8. The normalized spacial score (nSPS) is 14.9. The van der Waals surface area contributed by atoms with Crippen molar-refractivity contribution in [1.29, 1.82) is 0 Å². The van der Waals surface area contributed by atoms with Crippen molar-refractivity contribution in [1.82, 2.24) is 0 Å². The van der Waals surface area contributed by atoms with Gasteiger partial charge in [0.15, 0.2) is 15.3 Å². The first-order chi connectivity index (χ1) is 7.23. The molecule has 1 atom stereocenters. The van der Waals surface area contributed by atoms with E-state index < -0.39 is 38.6 Å². The molecule has 0 amide bonds. The van der Waals surface area contributed by atoms with E-state index in [0.29, 0.717) is 0 Å². The van der Waals surface area contributed by atoms with Crippen molar-refractivity contribution in [2.75, 3.05) is 12.1 Å². The van der Waals surface area contributed by atoms with Crippen LogP contribution in [0.15, 0.2) is 16.6 Å². The lowest BCUT2D eigenvalue weighted by atomic mass is 10.4. The highest BCUT2D eigenvalue weighted by Crippen LogP contribution is 2.10. The van der Waals surface area contributed by atoms with Crippen LogP contribution >= 0.6 is 11.6 Å². The zero-order valence-electron chi connectivity index (χ0n) is 8.51. The molecule has 0 aromatic heterocycles. The Morgan fingerprint density at radius 2 is 2.06 bits per heavy atom. The van der Waals surface area contributed by atoms with Crippen molar-refractivity contribution in [3.8, 4) is 0 Å². The van der Waals surface area contributed by atoms with Gasteiger partial charge in [-0.15, -0.1) is 16.5 Å². The standard InChI is InChI=1S/C7H10ClNO6S/c1-4(16(2,13)14)15-7(11)6(9-12)5(10)3-8/h4,10H,3H2,1-2H3. The molecule has 0 aromatic carbocycles. The Hall–Kier alpha value is -1.15. The van der Waals surface area contributed by atoms with E-state index >= 15 is 0 Å². The molecule has 0 aliphatic heterocycles. The minimum Gasteiger partial charge on any atom is -0.508 e. The van der Waals surface area contributed by atoms with Crippen LogP contribution in [0.1, 0.15) is 6.92 Å². The third-order valence-electron chi connectivity index (χ3n) is 1.56. The predicted molar refractivity (Wildman–Crippen MR) is 56.6 cm³/mol. The molecule has 0 saturated heterocycles. The molecule has 1 N–H and O–H groups in total. The van der Waals surface area contributed by atoms with Crippen molar-refractivity contribution < 1.29 is 23.1 Å². The van der Waals surface area contributed by atoms with Gasteiger partial charge in [0.2, 0.25) is 5.70 Å². The van der Waals surface area contributed by atoms with Crippen molar-refractivity contribution >= 4 is 27.4 Å². The van der Waals surface area contributed by atoms with Gasteiger partial charge in [-0.3, -0.25) is 0 Å². The Morgan fingerprint density at radius 3 is 2.38 bits per heavy atom. The molecule has 0 heterocycles. The fourth-order valence-electron chi connectivity index (χ4n) is 0.565. The van der Waals surface area contributed by atoms with Gasteiger partial charge in [0.25, 0.3) is 0 Å². The van der Waals surface area contributed by atoms with E-state index in [1.54, 1.807) is 0 Å². The fraction of sp³-hybridized carbons (Fsp3) is 0.571. The monoisotopic (exact) mass is 271 g/mol. The number of nitrogens with zero attached hydrogens (tertiary/aromatic N) is 1. The molecule has 0 rings (SSSR count).